The zero-order valence-electron chi connectivity index (χ0n) is 12.2. The van der Waals surface area contributed by atoms with Gasteiger partial charge in [-0.2, -0.15) is 0 Å². The molecule has 110 valence electrons. The average Bonchev–Trinajstić information content (AvgIpc) is 2.96. The highest BCUT2D eigenvalue weighted by atomic mass is 32.1. The fourth-order valence-corrected chi connectivity index (χ4v) is 2.79. The lowest BCUT2D eigenvalue weighted by Gasteiger charge is -2.12. The van der Waals surface area contributed by atoms with Gasteiger partial charge in [0, 0.05) is 5.69 Å². The van der Waals surface area contributed by atoms with Crippen molar-refractivity contribution in [3.05, 3.63) is 51.7 Å². The van der Waals surface area contributed by atoms with E-state index in [4.69, 9.17) is 0 Å². The van der Waals surface area contributed by atoms with Gasteiger partial charge in [0.1, 0.15) is 4.88 Å². The first-order chi connectivity index (χ1) is 10.0. The molecule has 0 unspecified atom stereocenters. The lowest BCUT2D eigenvalue weighted by Crippen LogP contribution is -2.12. The molecule has 4 nitrogen and oxygen atoms in total. The molecular formula is C16H17NO3S. The third-order valence-electron chi connectivity index (χ3n) is 3.05. The van der Waals surface area contributed by atoms with E-state index in [2.05, 4.69) is 23.9 Å². The van der Waals surface area contributed by atoms with Crippen molar-refractivity contribution in [2.24, 2.45) is 0 Å². The van der Waals surface area contributed by atoms with Crippen molar-refractivity contribution in [3.63, 3.8) is 0 Å². The maximum Gasteiger partial charge on any atom is 0.348 e. The maximum atomic E-state index is 12.3. The Bertz CT molecular complexity index is 661. The lowest BCUT2D eigenvalue weighted by atomic mass is 10.0. The molecule has 0 spiro atoms. The Morgan fingerprint density at radius 3 is 2.43 bits per heavy atom. The molecule has 0 saturated carbocycles. The first kappa shape index (κ1) is 15.3. The molecule has 2 rings (SSSR count). The SMILES string of the molecule is COC(=O)c1ccc(C(=O)Nc2ccccc2C(C)C)s1. The van der Waals surface area contributed by atoms with Crippen LogP contribution in [0.4, 0.5) is 5.69 Å². The number of hydrogen-bond acceptors (Lipinski definition) is 4. The zero-order chi connectivity index (χ0) is 15.4. The molecule has 0 aliphatic heterocycles. The first-order valence-corrected chi connectivity index (χ1v) is 7.43. The predicted molar refractivity (Wildman–Crippen MR) is 84.1 cm³/mol. The second-order valence-corrected chi connectivity index (χ2v) is 5.94. The van der Waals surface area contributed by atoms with Gasteiger partial charge in [0.25, 0.3) is 5.91 Å². The smallest absolute Gasteiger partial charge is 0.348 e. The number of hydrogen-bond donors (Lipinski definition) is 1. The number of para-hydroxylation sites is 1. The van der Waals surface area contributed by atoms with E-state index >= 15 is 0 Å². The van der Waals surface area contributed by atoms with Crippen molar-refractivity contribution >= 4 is 28.9 Å². The van der Waals surface area contributed by atoms with Crippen LogP contribution in [0.3, 0.4) is 0 Å². The molecule has 0 atom stereocenters. The highest BCUT2D eigenvalue weighted by Gasteiger charge is 2.15. The normalized spacial score (nSPS) is 10.5. The van der Waals surface area contributed by atoms with E-state index in [1.165, 1.54) is 7.11 Å². The number of carbonyl (C=O) groups excluding carboxylic acids is 2. The summed E-state index contributed by atoms with van der Waals surface area (Å²) in [4.78, 5) is 24.6. The largest absolute Gasteiger partial charge is 0.465 e. The van der Waals surface area contributed by atoms with Gasteiger partial charge in [-0.1, -0.05) is 32.0 Å². The molecule has 1 aromatic heterocycles. The number of ether oxygens (including phenoxy) is 1. The minimum absolute atomic E-state index is 0.219. The van der Waals surface area contributed by atoms with Crippen molar-refractivity contribution in [1.29, 1.82) is 0 Å². The van der Waals surface area contributed by atoms with Crippen LogP contribution < -0.4 is 5.32 Å². The topological polar surface area (TPSA) is 55.4 Å². The fraction of sp³-hybridized carbons (Fsp3) is 0.250. The molecule has 0 aliphatic carbocycles. The number of benzene rings is 1. The lowest BCUT2D eigenvalue weighted by molar-refractivity contribution is 0.0606. The number of amides is 1. The molecule has 5 heteroatoms. The highest BCUT2D eigenvalue weighted by molar-refractivity contribution is 7.16. The van der Waals surface area contributed by atoms with Gasteiger partial charge in [-0.3, -0.25) is 4.79 Å². The van der Waals surface area contributed by atoms with Gasteiger partial charge >= 0.3 is 5.97 Å². The number of methoxy groups -OCH3 is 1. The summed E-state index contributed by atoms with van der Waals surface area (Å²) in [6.07, 6.45) is 0. The summed E-state index contributed by atoms with van der Waals surface area (Å²) in [7, 11) is 1.32. The van der Waals surface area contributed by atoms with Crippen molar-refractivity contribution in [1.82, 2.24) is 0 Å². The van der Waals surface area contributed by atoms with E-state index in [9.17, 15) is 9.59 Å². The molecule has 0 fully saturated rings. The summed E-state index contributed by atoms with van der Waals surface area (Å²) in [5, 5.41) is 2.90. The van der Waals surface area contributed by atoms with Crippen LogP contribution in [0.5, 0.6) is 0 Å². The molecule has 0 aliphatic rings. The molecular weight excluding hydrogens is 286 g/mol. The molecule has 21 heavy (non-hydrogen) atoms. The number of nitrogens with one attached hydrogen (secondary N) is 1. The Morgan fingerprint density at radius 1 is 1.10 bits per heavy atom. The number of thiophene rings is 1. The average molecular weight is 303 g/mol. The molecule has 0 radical (unpaired) electrons. The third kappa shape index (κ3) is 3.49. The third-order valence-corrected chi connectivity index (χ3v) is 4.11. The summed E-state index contributed by atoms with van der Waals surface area (Å²) < 4.78 is 4.64. The number of carbonyl (C=O) groups is 2. The first-order valence-electron chi connectivity index (χ1n) is 6.61. The van der Waals surface area contributed by atoms with Gasteiger partial charge in [0.2, 0.25) is 0 Å². The number of rotatable bonds is 4. The Labute approximate surface area is 127 Å². The molecule has 1 N–H and O–H groups in total. The molecule has 1 amide bonds. The Morgan fingerprint density at radius 2 is 1.76 bits per heavy atom. The van der Waals surface area contributed by atoms with Crippen LogP contribution >= 0.6 is 11.3 Å². The maximum absolute atomic E-state index is 12.3. The van der Waals surface area contributed by atoms with Crippen molar-refractivity contribution < 1.29 is 14.3 Å². The van der Waals surface area contributed by atoms with E-state index < -0.39 is 5.97 Å². The predicted octanol–water partition coefficient (Wildman–Crippen LogP) is 3.91. The molecule has 2 aromatic rings. The summed E-state index contributed by atoms with van der Waals surface area (Å²) in [5.41, 5.74) is 1.88. The summed E-state index contributed by atoms with van der Waals surface area (Å²) in [5.74, 6) is -0.333. The molecule has 0 saturated heterocycles. The van der Waals surface area contributed by atoms with Crippen molar-refractivity contribution in [2.45, 2.75) is 19.8 Å². The van der Waals surface area contributed by atoms with Crippen molar-refractivity contribution in [2.75, 3.05) is 12.4 Å². The number of esters is 1. The van der Waals surface area contributed by atoms with Crippen LogP contribution in [0.2, 0.25) is 0 Å². The van der Waals surface area contributed by atoms with Gasteiger partial charge in [0.05, 0.1) is 12.0 Å². The van der Waals surface area contributed by atoms with E-state index in [1.54, 1.807) is 12.1 Å². The number of anilines is 1. The van der Waals surface area contributed by atoms with E-state index in [-0.39, 0.29) is 5.91 Å². The second kappa shape index (κ2) is 6.54. The Hall–Kier alpha value is -2.14. The zero-order valence-corrected chi connectivity index (χ0v) is 13.0. The molecule has 1 aromatic carbocycles. The van der Waals surface area contributed by atoms with Gasteiger partial charge in [-0.15, -0.1) is 11.3 Å². The van der Waals surface area contributed by atoms with Gasteiger partial charge < -0.3 is 10.1 Å². The van der Waals surface area contributed by atoms with Crippen LogP contribution in [0, 0.1) is 0 Å². The van der Waals surface area contributed by atoms with Crippen LogP contribution in [0.1, 0.15) is 44.7 Å². The van der Waals surface area contributed by atoms with Crippen LogP contribution in [-0.4, -0.2) is 19.0 Å². The van der Waals surface area contributed by atoms with Gasteiger partial charge in [0.15, 0.2) is 0 Å². The minimum Gasteiger partial charge on any atom is -0.465 e. The summed E-state index contributed by atoms with van der Waals surface area (Å²) in [6.45, 7) is 4.15. The van der Waals surface area contributed by atoms with Gasteiger partial charge in [-0.05, 0) is 29.7 Å². The fourth-order valence-electron chi connectivity index (χ4n) is 1.97. The summed E-state index contributed by atoms with van der Waals surface area (Å²) >= 11 is 1.12. The van der Waals surface area contributed by atoms with Crippen LogP contribution in [0.25, 0.3) is 0 Å². The molecule has 0 bridgehead atoms. The standard InChI is InChI=1S/C16H17NO3S/c1-10(2)11-6-4-5-7-12(11)17-15(18)13-8-9-14(21-13)16(19)20-3/h4-10H,1-3H3,(H,17,18). The van der Waals surface area contributed by atoms with E-state index in [0.29, 0.717) is 15.7 Å². The van der Waals surface area contributed by atoms with Gasteiger partial charge in [-0.25, -0.2) is 4.79 Å². The van der Waals surface area contributed by atoms with E-state index in [1.807, 2.05) is 24.3 Å². The molecule has 1 heterocycles. The van der Waals surface area contributed by atoms with E-state index in [0.717, 1.165) is 22.6 Å². The minimum atomic E-state index is -0.429. The highest BCUT2D eigenvalue weighted by Crippen LogP contribution is 2.25. The van der Waals surface area contributed by atoms with Crippen LogP contribution in [0.15, 0.2) is 36.4 Å². The quantitative estimate of drug-likeness (QED) is 0.871. The van der Waals surface area contributed by atoms with Crippen molar-refractivity contribution in [3.8, 4) is 0 Å². The van der Waals surface area contributed by atoms with Crippen LogP contribution in [-0.2, 0) is 4.74 Å². The second-order valence-electron chi connectivity index (χ2n) is 4.85. The Balaban J connectivity index is 2.19. The summed E-state index contributed by atoms with van der Waals surface area (Å²) in [6, 6.07) is 10.9. The monoisotopic (exact) mass is 303 g/mol. The Kier molecular flexibility index (Phi) is 4.75.